The highest BCUT2D eigenvalue weighted by atomic mass is 16.6. The summed E-state index contributed by atoms with van der Waals surface area (Å²) in [5.74, 6) is -1.45. The van der Waals surface area contributed by atoms with Crippen LogP contribution < -0.4 is 5.32 Å². The Kier molecular flexibility index (Phi) is 5.29. The molecule has 0 radical (unpaired) electrons. The van der Waals surface area contributed by atoms with E-state index in [9.17, 15) is 24.8 Å². The average molecular weight is 413 g/mol. The number of nitro benzene ring substituents is 1. The van der Waals surface area contributed by atoms with Gasteiger partial charge < -0.3 is 20.1 Å². The molecular weight excluding hydrogens is 390 g/mol. The Hall–Kier alpha value is -3.20. The second-order valence-electron chi connectivity index (χ2n) is 7.68. The van der Waals surface area contributed by atoms with Crippen LogP contribution in [-0.4, -0.2) is 52.9 Å². The molecule has 1 fully saturated rings. The summed E-state index contributed by atoms with van der Waals surface area (Å²) in [5.41, 5.74) is 2.30. The van der Waals surface area contributed by atoms with Gasteiger partial charge in [0, 0.05) is 54.0 Å². The summed E-state index contributed by atoms with van der Waals surface area (Å²) in [6.45, 7) is 3.55. The number of ketones is 1. The minimum absolute atomic E-state index is 0.0655. The van der Waals surface area contributed by atoms with Gasteiger partial charge in [0.15, 0.2) is 11.5 Å². The standard InChI is InChI=1S/C21H23N3O6/c1-12-18(21(27)23-7-9-30-10-8-23)19(20-14(22-12)3-2-4-17(20)26)13-5-6-16(25)15(11-13)24(28)29/h5-6,11,19,22,25H,2-4,7-10H2,1H3/t19-/m1/s1. The van der Waals surface area contributed by atoms with Gasteiger partial charge in [-0.2, -0.15) is 0 Å². The summed E-state index contributed by atoms with van der Waals surface area (Å²) in [4.78, 5) is 38.8. The normalized spacial score (nSPS) is 22.0. The Bertz CT molecular complexity index is 990. The zero-order valence-corrected chi connectivity index (χ0v) is 16.6. The molecule has 2 heterocycles. The number of carbonyl (C=O) groups excluding carboxylic acids is 2. The Morgan fingerprint density at radius 2 is 2.03 bits per heavy atom. The number of hydrogen-bond donors (Lipinski definition) is 2. The molecule has 158 valence electrons. The highest BCUT2D eigenvalue weighted by molar-refractivity contribution is 6.05. The summed E-state index contributed by atoms with van der Waals surface area (Å²) < 4.78 is 5.34. The summed E-state index contributed by atoms with van der Waals surface area (Å²) in [7, 11) is 0. The summed E-state index contributed by atoms with van der Waals surface area (Å²) >= 11 is 0. The SMILES string of the molecule is CC1=C(C(=O)N2CCOCC2)[C@@H](c2ccc(O)c([N+](=O)[O-])c2)C2=C(CCCC2=O)N1. The number of hydrogen-bond acceptors (Lipinski definition) is 7. The first-order valence-electron chi connectivity index (χ1n) is 9.97. The fourth-order valence-corrected chi connectivity index (χ4v) is 4.40. The molecule has 0 unspecified atom stereocenters. The lowest BCUT2D eigenvalue weighted by atomic mass is 9.74. The number of rotatable bonds is 3. The van der Waals surface area contributed by atoms with E-state index >= 15 is 0 Å². The van der Waals surface area contributed by atoms with E-state index in [1.807, 2.05) is 0 Å². The lowest BCUT2D eigenvalue weighted by Gasteiger charge is -2.37. The number of benzene rings is 1. The topological polar surface area (TPSA) is 122 Å². The Morgan fingerprint density at radius 3 is 2.73 bits per heavy atom. The van der Waals surface area contributed by atoms with E-state index in [1.54, 1.807) is 17.9 Å². The molecule has 0 bridgehead atoms. The van der Waals surface area contributed by atoms with Crippen LogP contribution in [0.4, 0.5) is 5.69 Å². The van der Waals surface area contributed by atoms with Crippen LogP contribution in [0.1, 0.15) is 37.7 Å². The number of Topliss-reactive ketones (excluding diaryl/α,β-unsaturated/α-hetero) is 1. The molecule has 1 amide bonds. The van der Waals surface area contributed by atoms with Crippen LogP contribution in [0.3, 0.4) is 0 Å². The molecule has 4 rings (SSSR count). The third kappa shape index (κ3) is 3.45. The van der Waals surface area contributed by atoms with Crippen molar-refractivity contribution in [1.82, 2.24) is 10.2 Å². The molecule has 2 aliphatic heterocycles. The van der Waals surface area contributed by atoms with Gasteiger partial charge in [-0.25, -0.2) is 0 Å². The smallest absolute Gasteiger partial charge is 0.310 e. The number of aromatic hydroxyl groups is 1. The number of ether oxygens (including phenoxy) is 1. The fourth-order valence-electron chi connectivity index (χ4n) is 4.40. The number of nitrogens with one attached hydrogen (secondary N) is 1. The molecule has 3 aliphatic rings. The number of carbonyl (C=O) groups is 2. The molecule has 30 heavy (non-hydrogen) atoms. The summed E-state index contributed by atoms with van der Waals surface area (Å²) in [5, 5.41) is 24.5. The van der Waals surface area contributed by atoms with E-state index in [0.29, 0.717) is 68.0 Å². The van der Waals surface area contributed by atoms with E-state index in [4.69, 9.17) is 4.74 Å². The Labute approximate surface area is 173 Å². The molecule has 0 spiro atoms. The van der Waals surface area contributed by atoms with Crippen LogP contribution in [0.25, 0.3) is 0 Å². The predicted molar refractivity (Wildman–Crippen MR) is 107 cm³/mol. The van der Waals surface area contributed by atoms with Crippen LogP contribution in [-0.2, 0) is 14.3 Å². The number of allylic oxidation sites excluding steroid dienone is 3. The van der Waals surface area contributed by atoms with Crippen LogP contribution >= 0.6 is 0 Å². The second-order valence-corrected chi connectivity index (χ2v) is 7.68. The van der Waals surface area contributed by atoms with E-state index in [-0.39, 0.29) is 11.7 Å². The van der Waals surface area contributed by atoms with Gasteiger partial charge in [-0.05, 0) is 31.4 Å². The predicted octanol–water partition coefficient (Wildman–Crippen LogP) is 2.13. The Morgan fingerprint density at radius 1 is 1.30 bits per heavy atom. The van der Waals surface area contributed by atoms with Crippen LogP contribution in [0, 0.1) is 10.1 Å². The average Bonchev–Trinajstić information content (AvgIpc) is 2.73. The largest absolute Gasteiger partial charge is 0.502 e. The zero-order chi connectivity index (χ0) is 21.4. The van der Waals surface area contributed by atoms with E-state index < -0.39 is 22.3 Å². The van der Waals surface area contributed by atoms with Gasteiger partial charge in [0.25, 0.3) is 5.91 Å². The van der Waals surface area contributed by atoms with Crippen molar-refractivity contribution in [2.75, 3.05) is 26.3 Å². The van der Waals surface area contributed by atoms with Gasteiger partial charge in [0.1, 0.15) is 0 Å². The maximum absolute atomic E-state index is 13.5. The quantitative estimate of drug-likeness (QED) is 0.575. The molecule has 9 nitrogen and oxygen atoms in total. The number of morpholine rings is 1. The van der Waals surface area contributed by atoms with Gasteiger partial charge >= 0.3 is 5.69 Å². The number of nitrogens with zero attached hydrogens (tertiary/aromatic N) is 2. The number of phenols is 1. The highest BCUT2D eigenvalue weighted by Crippen LogP contribution is 2.44. The molecule has 9 heteroatoms. The molecule has 1 aromatic rings. The minimum Gasteiger partial charge on any atom is -0.502 e. The van der Waals surface area contributed by atoms with Gasteiger partial charge in [-0.3, -0.25) is 19.7 Å². The number of dihydropyridines is 1. The van der Waals surface area contributed by atoms with Crippen molar-refractivity contribution in [1.29, 1.82) is 0 Å². The Balaban J connectivity index is 1.86. The van der Waals surface area contributed by atoms with Gasteiger partial charge in [-0.15, -0.1) is 0 Å². The van der Waals surface area contributed by atoms with E-state index in [1.165, 1.54) is 12.1 Å². The zero-order valence-electron chi connectivity index (χ0n) is 16.6. The summed E-state index contributed by atoms with van der Waals surface area (Å²) in [6, 6.07) is 4.05. The first kappa shape index (κ1) is 20.1. The maximum atomic E-state index is 13.5. The molecule has 1 aromatic carbocycles. The van der Waals surface area contributed by atoms with Crippen molar-refractivity contribution in [2.24, 2.45) is 0 Å². The van der Waals surface area contributed by atoms with Gasteiger partial charge in [-0.1, -0.05) is 6.07 Å². The summed E-state index contributed by atoms with van der Waals surface area (Å²) in [6.07, 6.45) is 1.76. The minimum atomic E-state index is -0.719. The van der Waals surface area contributed by atoms with Crippen LogP contribution in [0.5, 0.6) is 5.75 Å². The first-order chi connectivity index (χ1) is 14.4. The molecule has 2 N–H and O–H groups in total. The highest BCUT2D eigenvalue weighted by Gasteiger charge is 2.40. The second kappa shape index (κ2) is 7.91. The van der Waals surface area contributed by atoms with Crippen molar-refractivity contribution < 1.29 is 24.4 Å². The van der Waals surface area contributed by atoms with Crippen LogP contribution in [0.15, 0.2) is 40.7 Å². The van der Waals surface area contributed by atoms with Crippen molar-refractivity contribution in [3.63, 3.8) is 0 Å². The van der Waals surface area contributed by atoms with E-state index in [0.717, 1.165) is 5.70 Å². The fraction of sp³-hybridized carbons (Fsp3) is 0.429. The van der Waals surface area contributed by atoms with Gasteiger partial charge in [0.05, 0.1) is 18.1 Å². The van der Waals surface area contributed by atoms with E-state index in [2.05, 4.69) is 5.32 Å². The van der Waals surface area contributed by atoms with Crippen molar-refractivity contribution in [3.05, 3.63) is 56.4 Å². The van der Waals surface area contributed by atoms with Crippen molar-refractivity contribution in [2.45, 2.75) is 32.1 Å². The lowest BCUT2D eigenvalue weighted by Crippen LogP contribution is -2.44. The van der Waals surface area contributed by atoms with Crippen molar-refractivity contribution in [3.8, 4) is 5.75 Å². The number of phenolic OH excluding ortho intramolecular Hbond substituents is 1. The number of amides is 1. The third-order valence-corrected chi connectivity index (χ3v) is 5.83. The van der Waals surface area contributed by atoms with Gasteiger partial charge in [0.2, 0.25) is 0 Å². The molecule has 0 saturated carbocycles. The molecule has 1 saturated heterocycles. The first-order valence-corrected chi connectivity index (χ1v) is 9.97. The molecule has 1 atom stereocenters. The number of nitro groups is 1. The molecular formula is C21H23N3O6. The molecule has 1 aliphatic carbocycles. The molecule has 0 aromatic heterocycles. The lowest BCUT2D eigenvalue weighted by molar-refractivity contribution is -0.385. The monoisotopic (exact) mass is 413 g/mol. The third-order valence-electron chi connectivity index (χ3n) is 5.83. The van der Waals surface area contributed by atoms with Crippen LogP contribution in [0.2, 0.25) is 0 Å². The maximum Gasteiger partial charge on any atom is 0.310 e. The van der Waals surface area contributed by atoms with Crippen molar-refractivity contribution >= 4 is 17.4 Å².